The second kappa shape index (κ2) is 9.47. The number of aromatic amines is 1. The largest absolute Gasteiger partial charge is 0.461 e. The maximum absolute atomic E-state index is 14.5. The minimum Gasteiger partial charge on any atom is -0.461 e. The van der Waals surface area contributed by atoms with Gasteiger partial charge in [-0.05, 0) is 61.7 Å². The van der Waals surface area contributed by atoms with Crippen molar-refractivity contribution in [3.05, 3.63) is 76.4 Å². The SMILES string of the molecule is CCOC(=O)c1[nH]c(C)c(CN(Cc2ccc3c(c2)OCO3)S(=O)(=O)c2ccccc2F)c1C. The Morgan fingerprint density at radius 2 is 1.85 bits per heavy atom. The van der Waals surface area contributed by atoms with E-state index >= 15 is 0 Å². The number of halogens is 1. The first-order valence-electron chi connectivity index (χ1n) is 10.7. The number of aryl methyl sites for hydroxylation is 1. The highest BCUT2D eigenvalue weighted by Gasteiger charge is 2.30. The number of benzene rings is 2. The van der Waals surface area contributed by atoms with Crippen molar-refractivity contribution >= 4 is 16.0 Å². The number of hydrogen-bond acceptors (Lipinski definition) is 6. The van der Waals surface area contributed by atoms with Crippen LogP contribution < -0.4 is 9.47 Å². The summed E-state index contributed by atoms with van der Waals surface area (Å²) in [6.45, 7) is 5.35. The smallest absolute Gasteiger partial charge is 0.355 e. The molecule has 1 aliphatic heterocycles. The fraction of sp³-hybridized carbons (Fsp3) is 0.292. The summed E-state index contributed by atoms with van der Waals surface area (Å²) in [6.07, 6.45) is 0. The molecule has 0 fully saturated rings. The van der Waals surface area contributed by atoms with Crippen LogP contribution >= 0.6 is 0 Å². The van der Waals surface area contributed by atoms with Crippen LogP contribution in [0.2, 0.25) is 0 Å². The molecule has 1 N–H and O–H groups in total. The van der Waals surface area contributed by atoms with E-state index in [4.69, 9.17) is 14.2 Å². The third-order valence-electron chi connectivity index (χ3n) is 5.66. The quantitative estimate of drug-likeness (QED) is 0.480. The number of rotatable bonds is 8. The normalized spacial score (nSPS) is 12.9. The first kappa shape index (κ1) is 23.8. The monoisotopic (exact) mass is 488 g/mol. The van der Waals surface area contributed by atoms with Gasteiger partial charge >= 0.3 is 5.97 Å². The zero-order valence-electron chi connectivity index (χ0n) is 19.1. The van der Waals surface area contributed by atoms with E-state index in [0.29, 0.717) is 33.9 Å². The lowest BCUT2D eigenvalue weighted by molar-refractivity contribution is 0.0519. The molecule has 2 aromatic carbocycles. The van der Waals surface area contributed by atoms with E-state index in [0.717, 1.165) is 6.07 Å². The number of H-pyrrole nitrogens is 1. The number of carbonyl (C=O) groups is 1. The average molecular weight is 489 g/mol. The zero-order chi connectivity index (χ0) is 24.5. The fourth-order valence-corrected chi connectivity index (χ4v) is 5.33. The average Bonchev–Trinajstić information content (AvgIpc) is 3.38. The van der Waals surface area contributed by atoms with Crippen molar-refractivity contribution in [3.8, 4) is 11.5 Å². The van der Waals surface area contributed by atoms with Crippen molar-refractivity contribution < 1.29 is 31.8 Å². The molecule has 0 aliphatic carbocycles. The van der Waals surface area contributed by atoms with E-state index in [1.807, 2.05) is 0 Å². The highest BCUT2D eigenvalue weighted by Crippen LogP contribution is 2.34. The van der Waals surface area contributed by atoms with Crippen molar-refractivity contribution in [1.82, 2.24) is 9.29 Å². The van der Waals surface area contributed by atoms with E-state index in [1.165, 1.54) is 22.5 Å². The molecule has 3 aromatic rings. The van der Waals surface area contributed by atoms with Gasteiger partial charge in [0.2, 0.25) is 16.8 Å². The summed E-state index contributed by atoms with van der Waals surface area (Å²) in [5, 5.41) is 0. The molecule has 0 saturated heterocycles. The van der Waals surface area contributed by atoms with Crippen LogP contribution in [0.5, 0.6) is 11.5 Å². The molecule has 0 saturated carbocycles. The maximum Gasteiger partial charge on any atom is 0.355 e. The number of ether oxygens (including phenoxy) is 3. The Labute approximate surface area is 197 Å². The van der Waals surface area contributed by atoms with Gasteiger partial charge in [-0.3, -0.25) is 0 Å². The highest BCUT2D eigenvalue weighted by molar-refractivity contribution is 7.89. The number of nitrogens with zero attached hydrogens (tertiary/aromatic N) is 1. The standard InChI is InChI=1S/C24H25FN2O6S/c1-4-31-24(28)23-15(2)18(16(3)26-23)13-27(34(29,30)22-8-6-5-7-19(22)25)12-17-9-10-20-21(11-17)33-14-32-20/h5-11,26H,4,12-14H2,1-3H3. The number of sulfonamides is 1. The van der Waals surface area contributed by atoms with Crippen molar-refractivity contribution in [1.29, 1.82) is 0 Å². The number of aromatic nitrogens is 1. The molecule has 0 unspecified atom stereocenters. The van der Waals surface area contributed by atoms with Gasteiger partial charge in [0, 0.05) is 18.8 Å². The van der Waals surface area contributed by atoms with Gasteiger partial charge in [-0.25, -0.2) is 17.6 Å². The van der Waals surface area contributed by atoms with Crippen LogP contribution in [0.25, 0.3) is 0 Å². The van der Waals surface area contributed by atoms with Gasteiger partial charge in [0.05, 0.1) is 6.61 Å². The summed E-state index contributed by atoms with van der Waals surface area (Å²) in [4.78, 5) is 14.9. The van der Waals surface area contributed by atoms with Crippen molar-refractivity contribution in [2.75, 3.05) is 13.4 Å². The molecule has 180 valence electrons. The summed E-state index contributed by atoms with van der Waals surface area (Å²) < 4.78 is 58.7. The molecule has 0 radical (unpaired) electrons. The van der Waals surface area contributed by atoms with Gasteiger partial charge in [-0.1, -0.05) is 18.2 Å². The van der Waals surface area contributed by atoms with Gasteiger partial charge in [0.15, 0.2) is 11.5 Å². The lowest BCUT2D eigenvalue weighted by Crippen LogP contribution is -2.31. The van der Waals surface area contributed by atoms with E-state index in [2.05, 4.69) is 4.98 Å². The third kappa shape index (κ3) is 4.51. The second-order valence-corrected chi connectivity index (χ2v) is 9.75. The molecule has 0 amide bonds. The lowest BCUT2D eigenvalue weighted by Gasteiger charge is -2.23. The van der Waals surface area contributed by atoms with Gasteiger partial charge in [-0.15, -0.1) is 0 Å². The number of esters is 1. The molecule has 1 aliphatic rings. The molecule has 8 nitrogen and oxygen atoms in total. The van der Waals surface area contributed by atoms with Crippen LogP contribution in [0.1, 0.15) is 39.8 Å². The number of hydrogen-bond donors (Lipinski definition) is 1. The molecule has 1 aromatic heterocycles. The van der Waals surface area contributed by atoms with Gasteiger partial charge in [0.25, 0.3) is 0 Å². The predicted molar refractivity (Wildman–Crippen MR) is 122 cm³/mol. The van der Waals surface area contributed by atoms with Crippen LogP contribution in [0.3, 0.4) is 0 Å². The van der Waals surface area contributed by atoms with Crippen molar-refractivity contribution in [3.63, 3.8) is 0 Å². The Kier molecular flexibility index (Phi) is 6.63. The van der Waals surface area contributed by atoms with Gasteiger partial charge in [-0.2, -0.15) is 4.31 Å². The summed E-state index contributed by atoms with van der Waals surface area (Å²) in [5.74, 6) is -0.274. The molecule has 2 heterocycles. The predicted octanol–water partition coefficient (Wildman–Crippen LogP) is 4.07. The zero-order valence-corrected chi connectivity index (χ0v) is 19.9. The fourth-order valence-electron chi connectivity index (χ4n) is 3.87. The van der Waals surface area contributed by atoms with Crippen LogP contribution in [0, 0.1) is 19.7 Å². The minimum atomic E-state index is -4.24. The van der Waals surface area contributed by atoms with E-state index < -0.39 is 26.7 Å². The lowest BCUT2D eigenvalue weighted by atomic mass is 10.1. The summed E-state index contributed by atoms with van der Waals surface area (Å²) in [7, 11) is -4.24. The molecule has 0 spiro atoms. The third-order valence-corrected chi connectivity index (χ3v) is 7.48. The Morgan fingerprint density at radius 1 is 1.12 bits per heavy atom. The van der Waals surface area contributed by atoms with Crippen LogP contribution in [-0.2, 0) is 27.8 Å². The first-order valence-corrected chi connectivity index (χ1v) is 12.1. The van der Waals surface area contributed by atoms with Crippen molar-refractivity contribution in [2.24, 2.45) is 0 Å². The molecular formula is C24H25FN2O6S. The van der Waals surface area contributed by atoms with Crippen molar-refractivity contribution in [2.45, 2.75) is 38.8 Å². The topological polar surface area (TPSA) is 97.9 Å². The molecule has 0 atom stereocenters. The van der Waals surface area contributed by atoms with E-state index in [-0.39, 0.29) is 32.2 Å². The minimum absolute atomic E-state index is 0.0495. The molecular weight excluding hydrogens is 463 g/mol. The Morgan fingerprint density at radius 3 is 2.59 bits per heavy atom. The van der Waals surface area contributed by atoms with E-state index in [1.54, 1.807) is 39.0 Å². The number of nitrogens with one attached hydrogen (secondary N) is 1. The van der Waals surface area contributed by atoms with Crippen LogP contribution in [-0.4, -0.2) is 37.1 Å². The van der Waals surface area contributed by atoms with Gasteiger partial charge < -0.3 is 19.2 Å². The summed E-state index contributed by atoms with van der Waals surface area (Å²) in [6, 6.07) is 10.4. The Bertz CT molecular complexity index is 1340. The maximum atomic E-state index is 14.5. The number of fused-ring (bicyclic) bond motifs is 1. The molecule has 0 bridgehead atoms. The summed E-state index contributed by atoms with van der Waals surface area (Å²) >= 11 is 0. The summed E-state index contributed by atoms with van der Waals surface area (Å²) in [5.41, 5.74) is 2.72. The Balaban J connectivity index is 1.74. The molecule has 10 heteroatoms. The van der Waals surface area contributed by atoms with Crippen LogP contribution in [0.4, 0.5) is 4.39 Å². The van der Waals surface area contributed by atoms with E-state index in [9.17, 15) is 17.6 Å². The number of carbonyl (C=O) groups excluding carboxylic acids is 1. The van der Waals surface area contributed by atoms with Crippen LogP contribution in [0.15, 0.2) is 47.4 Å². The molecule has 34 heavy (non-hydrogen) atoms. The molecule has 4 rings (SSSR count). The second-order valence-electron chi connectivity index (χ2n) is 7.84. The highest BCUT2D eigenvalue weighted by atomic mass is 32.2. The van der Waals surface area contributed by atoms with Gasteiger partial charge in [0.1, 0.15) is 16.4 Å². The first-order chi connectivity index (χ1) is 16.2. The Hall–Kier alpha value is -3.37.